The van der Waals surface area contributed by atoms with Gasteiger partial charge >= 0.3 is 29.6 Å². The number of hydrogen-bond acceptors (Lipinski definition) is 5. The quantitative estimate of drug-likeness (QED) is 0.447. The minimum absolute atomic E-state index is 0. The molecule has 0 radical (unpaired) electrons. The van der Waals surface area contributed by atoms with E-state index in [-0.39, 0.29) is 60.4 Å². The summed E-state index contributed by atoms with van der Waals surface area (Å²) in [6.07, 6.45) is 4.71. The van der Waals surface area contributed by atoms with Crippen LogP contribution in [0.4, 0.5) is 4.39 Å². The number of carboxylic acids is 1. The number of carbonyl (C=O) groups excluding carboxylic acids is 3. The summed E-state index contributed by atoms with van der Waals surface area (Å²) >= 11 is 0. The summed E-state index contributed by atoms with van der Waals surface area (Å²) in [5, 5.41) is 13.2. The van der Waals surface area contributed by atoms with E-state index in [2.05, 4.69) is 26.1 Å². The zero-order valence-electron chi connectivity index (χ0n) is 23.9. The Morgan fingerprint density at radius 3 is 2.40 bits per heavy atom. The topological polar surface area (TPSA) is 102 Å². The van der Waals surface area contributed by atoms with Gasteiger partial charge in [0.2, 0.25) is 0 Å². The van der Waals surface area contributed by atoms with E-state index in [1.165, 1.54) is 12.1 Å². The number of halogens is 1. The van der Waals surface area contributed by atoms with Crippen molar-refractivity contribution >= 4 is 23.5 Å². The molecular formula is C31H37FN3NaO4. The molecule has 1 aliphatic carbocycles. The Kier molecular flexibility index (Phi) is 11.1. The third kappa shape index (κ3) is 7.01. The van der Waals surface area contributed by atoms with E-state index in [1.807, 2.05) is 17.0 Å². The first-order chi connectivity index (χ1) is 18.6. The SMILES string of the molecule is CCC[C@H](c1ccc(C(=O)NCCC(=O)[O-])cc1)N1C(=O)C(c2cccc(F)c2)=NC12CCC(C(C)C)CC2.[Na+]. The number of carboxylic acid groups (broad SMARTS) is 1. The van der Waals surface area contributed by atoms with Crippen molar-refractivity contribution in [2.75, 3.05) is 6.54 Å². The summed E-state index contributed by atoms with van der Waals surface area (Å²) in [5.74, 6) is -1.06. The monoisotopic (exact) mass is 557 g/mol. The van der Waals surface area contributed by atoms with Gasteiger partial charge in [-0.15, -0.1) is 0 Å². The summed E-state index contributed by atoms with van der Waals surface area (Å²) in [5.41, 5.74) is 1.42. The summed E-state index contributed by atoms with van der Waals surface area (Å²) in [7, 11) is 0. The van der Waals surface area contributed by atoms with Crippen molar-refractivity contribution in [1.82, 2.24) is 10.2 Å². The van der Waals surface area contributed by atoms with E-state index in [1.54, 1.807) is 24.3 Å². The Hall–Kier alpha value is -2.55. The van der Waals surface area contributed by atoms with Gasteiger partial charge < -0.3 is 20.1 Å². The molecule has 1 spiro atoms. The van der Waals surface area contributed by atoms with Crippen molar-refractivity contribution in [3.05, 3.63) is 71.0 Å². The van der Waals surface area contributed by atoms with Crippen LogP contribution in [0.1, 0.15) is 93.2 Å². The second kappa shape index (κ2) is 13.9. The summed E-state index contributed by atoms with van der Waals surface area (Å²) in [6.45, 7) is 6.53. The molecule has 1 saturated carbocycles. The predicted molar refractivity (Wildman–Crippen MR) is 145 cm³/mol. The van der Waals surface area contributed by atoms with Crippen LogP contribution in [0.5, 0.6) is 0 Å². The van der Waals surface area contributed by atoms with Crippen LogP contribution in [0.25, 0.3) is 0 Å². The van der Waals surface area contributed by atoms with Crippen LogP contribution in [0, 0.1) is 17.7 Å². The molecule has 1 aliphatic heterocycles. The molecule has 1 heterocycles. The van der Waals surface area contributed by atoms with Crippen LogP contribution < -0.4 is 40.0 Å². The summed E-state index contributed by atoms with van der Waals surface area (Å²) < 4.78 is 14.1. The molecule has 1 N–H and O–H groups in total. The van der Waals surface area contributed by atoms with E-state index < -0.39 is 17.4 Å². The standard InChI is InChI=1S/C31H38FN3O4.Na/c1-4-6-26(22-9-11-23(12-10-22)29(38)33-18-15-27(36)37)35-30(39)28(24-7-5-8-25(32)19-24)34-31(35)16-13-21(14-17-31)20(2)3;/h5,7-12,19-21,26H,4,6,13-18H2,1-3H3,(H,33,38)(H,36,37);/q;+1/p-1/t21?,26-,31?;/m1./s1. The van der Waals surface area contributed by atoms with Crippen molar-refractivity contribution in [1.29, 1.82) is 0 Å². The molecule has 2 aliphatic rings. The maximum atomic E-state index is 14.1. The number of rotatable bonds is 10. The fraction of sp³-hybridized carbons (Fsp3) is 0.484. The Bertz CT molecular complexity index is 1240. The van der Waals surface area contributed by atoms with Gasteiger partial charge in [-0.1, -0.05) is 51.5 Å². The molecule has 40 heavy (non-hydrogen) atoms. The van der Waals surface area contributed by atoms with E-state index >= 15 is 0 Å². The normalized spacial score (nSPS) is 21.2. The Labute approximate surface area is 257 Å². The minimum Gasteiger partial charge on any atom is -0.550 e. The third-order valence-electron chi connectivity index (χ3n) is 8.11. The average molecular weight is 558 g/mol. The molecule has 0 saturated heterocycles. The zero-order valence-corrected chi connectivity index (χ0v) is 25.9. The number of carbonyl (C=O) groups is 3. The first-order valence-corrected chi connectivity index (χ1v) is 13.9. The van der Waals surface area contributed by atoms with Crippen molar-refractivity contribution in [2.45, 2.75) is 77.4 Å². The fourth-order valence-corrected chi connectivity index (χ4v) is 5.95. The Morgan fingerprint density at radius 1 is 1.15 bits per heavy atom. The molecule has 2 aromatic rings. The molecule has 1 atom stereocenters. The van der Waals surface area contributed by atoms with Crippen LogP contribution >= 0.6 is 0 Å². The van der Waals surface area contributed by atoms with E-state index in [0.717, 1.165) is 37.7 Å². The Morgan fingerprint density at radius 2 is 1.82 bits per heavy atom. The van der Waals surface area contributed by atoms with Gasteiger partial charge in [-0.3, -0.25) is 14.6 Å². The van der Waals surface area contributed by atoms with E-state index in [9.17, 15) is 23.9 Å². The Balaban J connectivity index is 0.00000441. The molecule has 2 aromatic carbocycles. The molecule has 2 amide bonds. The maximum Gasteiger partial charge on any atom is 1.00 e. The molecule has 1 fully saturated rings. The second-order valence-corrected chi connectivity index (χ2v) is 11.0. The van der Waals surface area contributed by atoms with E-state index in [0.29, 0.717) is 35.1 Å². The predicted octanol–water partition coefficient (Wildman–Crippen LogP) is 1.41. The van der Waals surface area contributed by atoms with Crippen molar-refractivity contribution in [2.24, 2.45) is 16.8 Å². The number of aliphatic carboxylic acids is 1. The van der Waals surface area contributed by atoms with E-state index in [4.69, 9.17) is 4.99 Å². The number of benzene rings is 2. The molecule has 0 bridgehead atoms. The molecular weight excluding hydrogens is 520 g/mol. The number of aliphatic imine (C=N–C) groups is 1. The minimum atomic E-state index is -1.22. The molecule has 4 rings (SSSR count). The third-order valence-corrected chi connectivity index (χ3v) is 8.11. The smallest absolute Gasteiger partial charge is 0.550 e. The van der Waals surface area contributed by atoms with Crippen LogP contribution in [-0.2, 0) is 9.59 Å². The average Bonchev–Trinajstić information content (AvgIpc) is 3.18. The van der Waals surface area contributed by atoms with Crippen LogP contribution in [0.2, 0.25) is 0 Å². The van der Waals surface area contributed by atoms with Gasteiger partial charge in [0, 0.05) is 30.1 Å². The van der Waals surface area contributed by atoms with Gasteiger partial charge in [0.1, 0.15) is 17.2 Å². The number of nitrogens with one attached hydrogen (secondary N) is 1. The first-order valence-electron chi connectivity index (χ1n) is 13.9. The summed E-state index contributed by atoms with van der Waals surface area (Å²) in [6, 6.07) is 12.9. The van der Waals surface area contributed by atoms with Gasteiger partial charge in [0.15, 0.2) is 0 Å². The molecule has 7 nitrogen and oxygen atoms in total. The van der Waals surface area contributed by atoms with Crippen molar-refractivity contribution in [3.63, 3.8) is 0 Å². The number of hydrogen-bond donors (Lipinski definition) is 1. The van der Waals surface area contributed by atoms with Crippen LogP contribution in [0.15, 0.2) is 53.5 Å². The maximum absolute atomic E-state index is 14.1. The molecule has 0 unspecified atom stereocenters. The van der Waals surface area contributed by atoms with Crippen molar-refractivity contribution in [3.8, 4) is 0 Å². The van der Waals surface area contributed by atoms with Gasteiger partial charge in [0.25, 0.3) is 11.8 Å². The molecule has 208 valence electrons. The van der Waals surface area contributed by atoms with Gasteiger partial charge in [-0.05, 0) is 73.8 Å². The van der Waals surface area contributed by atoms with Crippen LogP contribution in [0.3, 0.4) is 0 Å². The van der Waals surface area contributed by atoms with Gasteiger partial charge in [-0.2, -0.15) is 0 Å². The zero-order chi connectivity index (χ0) is 28.2. The number of amides is 2. The largest absolute Gasteiger partial charge is 1.00 e. The number of nitrogens with zero attached hydrogens (tertiary/aromatic N) is 2. The van der Waals surface area contributed by atoms with Gasteiger partial charge in [0.05, 0.1) is 6.04 Å². The molecule has 0 aromatic heterocycles. The van der Waals surface area contributed by atoms with Crippen molar-refractivity contribution < 1.29 is 53.4 Å². The second-order valence-electron chi connectivity index (χ2n) is 11.0. The fourth-order valence-electron chi connectivity index (χ4n) is 5.95. The van der Waals surface area contributed by atoms with Crippen LogP contribution in [-0.4, -0.2) is 40.6 Å². The van der Waals surface area contributed by atoms with Gasteiger partial charge in [-0.25, -0.2) is 4.39 Å². The summed E-state index contributed by atoms with van der Waals surface area (Å²) in [4.78, 5) is 44.2. The molecule has 9 heteroatoms. The first kappa shape index (κ1) is 32.0.